The zero-order chi connectivity index (χ0) is 75.8. The maximum Gasteiger partial charge on any atom is 0.174 e. The van der Waals surface area contributed by atoms with Gasteiger partial charge >= 0.3 is 0 Å². The van der Waals surface area contributed by atoms with E-state index in [0.29, 0.717) is 127 Å². The molecule has 0 aliphatic heterocycles. The van der Waals surface area contributed by atoms with Crippen molar-refractivity contribution in [2.75, 3.05) is 22.9 Å². The summed E-state index contributed by atoms with van der Waals surface area (Å²) in [6, 6.07) is 37.3. The average molecular weight is 1670 g/mol. The fraction of sp³-hybridized carbons (Fsp3) is 0.184. The Hall–Kier alpha value is -11.3. The number of pyridine rings is 8. The zero-order valence-corrected chi connectivity index (χ0v) is 64.6. The van der Waals surface area contributed by atoms with Crippen molar-refractivity contribution >= 4 is 210 Å². The quantitative estimate of drug-likeness (QED) is 0.0153. The van der Waals surface area contributed by atoms with Crippen LogP contribution in [0.5, 0.6) is 0 Å². The van der Waals surface area contributed by atoms with Crippen LogP contribution in [0.1, 0.15) is 114 Å². The normalized spacial score (nSPS) is 11.2. The molecule has 0 bridgehead atoms. The van der Waals surface area contributed by atoms with Crippen molar-refractivity contribution in [1.82, 2.24) is 39.9 Å². The summed E-state index contributed by atoms with van der Waals surface area (Å²) >= 11 is 13.8. The minimum atomic E-state index is 0.279. The molecule has 26 nitrogen and oxygen atoms in total. The monoisotopic (exact) mass is 1670 g/mol. The lowest BCUT2D eigenvalue weighted by atomic mass is 10.1. The van der Waals surface area contributed by atoms with E-state index in [1.807, 2.05) is 91.0 Å². The van der Waals surface area contributed by atoms with Crippen LogP contribution < -0.4 is 22.9 Å². The second kappa shape index (κ2) is 38.4. The van der Waals surface area contributed by atoms with Crippen LogP contribution in [-0.4, -0.2) is 74.1 Å². The molecule has 4 aromatic carbocycles. The molecule has 8 aromatic heterocycles. The van der Waals surface area contributed by atoms with Gasteiger partial charge in [-0.3, -0.25) is 9.97 Å². The lowest BCUT2D eigenvalue weighted by Crippen LogP contribution is -2.06. The van der Waals surface area contributed by atoms with Gasteiger partial charge < -0.3 is 55.4 Å². The highest BCUT2D eigenvalue weighted by atomic mass is 79.9. The number of aromatic nitrogens is 8. The Morgan fingerprint density at radius 1 is 0.330 bits per heavy atom. The number of rotatable bonds is 24. The molecule has 0 aliphatic rings. The number of nitrogen functional groups attached to an aromatic ring is 4. The van der Waals surface area contributed by atoms with E-state index < -0.39 is 0 Å². The second-order valence-corrected chi connectivity index (χ2v) is 27.7. The van der Waals surface area contributed by atoms with Crippen molar-refractivity contribution in [3.05, 3.63) is 211 Å². The summed E-state index contributed by atoms with van der Waals surface area (Å²) in [7, 11) is 0. The Bertz CT molecular complexity index is 4990. The Balaban J connectivity index is 0.000000163. The van der Waals surface area contributed by atoms with Gasteiger partial charge in [-0.05, 0) is 137 Å². The molecule has 30 heteroatoms. The number of nitrogens with one attached hydrogen (secondary N) is 6. The molecule has 0 saturated heterocycles. The lowest BCUT2D eigenvalue weighted by Gasteiger charge is -2.05. The summed E-state index contributed by atoms with van der Waals surface area (Å²) in [5.41, 5.74) is 32.4. The highest BCUT2D eigenvalue weighted by Crippen LogP contribution is 2.38. The summed E-state index contributed by atoms with van der Waals surface area (Å²) in [5, 5.41) is 88.0. The van der Waals surface area contributed by atoms with Gasteiger partial charge in [-0.25, -0.2) is 29.9 Å². The van der Waals surface area contributed by atoms with E-state index in [4.69, 9.17) is 55.4 Å². The number of benzene rings is 4. The van der Waals surface area contributed by atoms with Crippen LogP contribution in [0.15, 0.2) is 230 Å². The van der Waals surface area contributed by atoms with E-state index in [2.05, 4.69) is 158 Å². The van der Waals surface area contributed by atoms with E-state index in [9.17, 15) is 0 Å². The molecule has 12 aromatic rings. The Labute approximate surface area is 644 Å². The average Bonchev–Trinajstić information content (AvgIpc) is 0.818. The van der Waals surface area contributed by atoms with Crippen LogP contribution in [-0.2, 0) is 0 Å². The fourth-order valence-electron chi connectivity index (χ4n) is 10.2. The first-order chi connectivity index (χ1) is 51.0. The third-order valence-corrected chi connectivity index (χ3v) is 17.7. The van der Waals surface area contributed by atoms with Gasteiger partial charge in [0.2, 0.25) is 0 Å². The van der Waals surface area contributed by atoms with Crippen molar-refractivity contribution in [2.24, 2.45) is 40.9 Å². The highest BCUT2D eigenvalue weighted by Gasteiger charge is 2.14. The van der Waals surface area contributed by atoms with Crippen molar-refractivity contribution in [1.29, 1.82) is 32.5 Å². The number of nitrogens with zero attached hydrogens (tertiary/aromatic N) is 16. The highest BCUT2D eigenvalue weighted by molar-refractivity contribution is 9.11. The molecule has 12 rings (SSSR count). The predicted molar refractivity (Wildman–Crippen MR) is 441 cm³/mol. The third-order valence-electron chi connectivity index (χ3n) is 15.7. The Kier molecular flexibility index (Phi) is 28.6. The largest absolute Gasteiger partial charge is 0.382 e. The molecule has 0 unspecified atom stereocenters. The standard InChI is InChI=1S/2C20H21BrN6.2C18H16BrN7/c1-2-3-4-5-17(22)14-7-9-18(24-12-14)26-27-19-16-10-15(21)8-6-13(16)11-25-20(19)23;1-2-3-4-5-17(22)18-9-8-15(12-24-18)26-27-19-16-10-14(21)7-6-13(16)11-25-20(19)23;1-10(20)6-15(21)12-3-5-16(23-9-12)25-26-17-14-7-13(19)4-2-11(14)8-24-18(17)22;1-10(20)6-15(21)16-5-4-13(9-23-16)25-26-17-14-7-12(19)3-2-11(14)8-24-18(17)22/h2*6-12,22H,2-5H2,1H3,(H2,23,25);2*2-5,7-9,20-21H,6H2,1H3,(H2,22,24). The van der Waals surface area contributed by atoms with Crippen LogP contribution in [0.4, 0.5) is 69.0 Å². The molecule has 0 saturated carbocycles. The number of hydrogen-bond donors (Lipinski definition) is 10. The second-order valence-electron chi connectivity index (χ2n) is 24.1. The van der Waals surface area contributed by atoms with Crippen molar-refractivity contribution in [3.8, 4) is 0 Å². The van der Waals surface area contributed by atoms with E-state index in [1.165, 1.54) is 6.20 Å². The van der Waals surface area contributed by atoms with Crippen LogP contribution in [0.25, 0.3) is 43.1 Å². The van der Waals surface area contributed by atoms with Gasteiger partial charge in [-0.15, -0.1) is 40.9 Å². The van der Waals surface area contributed by atoms with Gasteiger partial charge in [0.05, 0.1) is 35.2 Å². The van der Waals surface area contributed by atoms with E-state index in [0.717, 1.165) is 118 Å². The molecule has 14 N–H and O–H groups in total. The first kappa shape index (κ1) is 78.8. The van der Waals surface area contributed by atoms with E-state index in [1.54, 1.807) is 87.6 Å². The van der Waals surface area contributed by atoms with Crippen molar-refractivity contribution in [3.63, 3.8) is 0 Å². The predicted octanol–water partition coefficient (Wildman–Crippen LogP) is 23.1. The van der Waals surface area contributed by atoms with Gasteiger partial charge in [0.1, 0.15) is 34.1 Å². The molecule has 106 heavy (non-hydrogen) atoms. The molecule has 0 atom stereocenters. The molecular weight excluding hydrogens is 1600 g/mol. The maximum atomic E-state index is 8.13. The Morgan fingerprint density at radius 3 is 0.981 bits per heavy atom. The van der Waals surface area contributed by atoms with Crippen LogP contribution in [0, 0.1) is 32.5 Å². The van der Waals surface area contributed by atoms with Crippen LogP contribution >= 0.6 is 63.7 Å². The molecule has 8 heterocycles. The zero-order valence-electron chi connectivity index (χ0n) is 58.2. The molecule has 0 fully saturated rings. The minimum Gasteiger partial charge on any atom is -0.382 e. The minimum absolute atomic E-state index is 0.279. The first-order valence-electron chi connectivity index (χ1n) is 33.3. The van der Waals surface area contributed by atoms with Gasteiger partial charge in [0, 0.05) is 145 Å². The molecule has 0 aliphatic carbocycles. The number of anilines is 4. The maximum absolute atomic E-state index is 8.13. The first-order valence-corrected chi connectivity index (χ1v) is 36.5. The summed E-state index contributed by atoms with van der Waals surface area (Å²) in [6.45, 7) is 7.64. The molecule has 0 radical (unpaired) electrons. The fourth-order valence-corrected chi connectivity index (χ4v) is 11.6. The number of unbranched alkanes of at least 4 members (excludes halogenated alkanes) is 4. The van der Waals surface area contributed by atoms with E-state index >= 15 is 0 Å². The number of hydrogen-bond acceptors (Lipinski definition) is 26. The topological polar surface area (TPSA) is 449 Å². The molecule has 536 valence electrons. The van der Waals surface area contributed by atoms with Crippen molar-refractivity contribution in [2.45, 2.75) is 91.9 Å². The Morgan fingerprint density at radius 2 is 0.660 bits per heavy atom. The van der Waals surface area contributed by atoms with Crippen molar-refractivity contribution < 1.29 is 0 Å². The lowest BCUT2D eigenvalue weighted by molar-refractivity contribution is 0.740. The summed E-state index contributed by atoms with van der Waals surface area (Å²) < 4.78 is 3.69. The smallest absolute Gasteiger partial charge is 0.174 e. The summed E-state index contributed by atoms with van der Waals surface area (Å²) in [6.07, 6.45) is 21.9. The van der Waals surface area contributed by atoms with Gasteiger partial charge in [0.25, 0.3) is 0 Å². The van der Waals surface area contributed by atoms with Gasteiger partial charge in [-0.1, -0.05) is 128 Å². The SMILES string of the molecule is CC(=N)CC(=N)c1ccc(N=Nc2c(N)ncc3ccc(Br)cc23)cn1.CC(=N)CC(=N)c1ccc(N=Nc2c(N)ncc3ccc(Br)cc23)nc1.CCCCCC(=N)c1ccc(N=Nc2c(N)ncc3ccc(Br)cc23)cn1.CCCCCC(=N)c1ccc(N=Nc2c(N)ncc3ccc(Br)cc23)nc1. The molecular formula is C76H74Br4N26. The van der Waals surface area contributed by atoms with Gasteiger partial charge in [0.15, 0.2) is 34.9 Å². The third kappa shape index (κ3) is 22.3. The summed E-state index contributed by atoms with van der Waals surface area (Å²) in [5.74, 6) is 2.10. The summed E-state index contributed by atoms with van der Waals surface area (Å²) in [4.78, 5) is 33.7. The number of azo groups is 4. The molecule has 0 spiro atoms. The number of halogens is 4. The van der Waals surface area contributed by atoms with Gasteiger partial charge in [-0.2, -0.15) is 0 Å². The number of fused-ring (bicyclic) bond motifs is 4. The molecule has 0 amide bonds. The van der Waals surface area contributed by atoms with Crippen LogP contribution in [0.2, 0.25) is 0 Å². The van der Waals surface area contributed by atoms with E-state index in [-0.39, 0.29) is 6.42 Å². The van der Waals surface area contributed by atoms with Crippen LogP contribution in [0.3, 0.4) is 0 Å². The number of nitrogens with two attached hydrogens (primary N) is 4.